The number of fused-ring (bicyclic) bond motifs is 1. The first kappa shape index (κ1) is 20.1. The average Bonchev–Trinajstić information content (AvgIpc) is 2.64. The van der Waals surface area contributed by atoms with Gasteiger partial charge in [0, 0.05) is 6.20 Å². The van der Waals surface area contributed by atoms with Crippen LogP contribution >= 0.6 is 23.2 Å². The van der Waals surface area contributed by atoms with Gasteiger partial charge in [0.2, 0.25) is 0 Å². The number of nitrogens with zero attached hydrogens (tertiary/aromatic N) is 4. The maximum atomic E-state index is 13.2. The normalized spacial score (nSPS) is 11.4. The highest BCUT2D eigenvalue weighted by Gasteiger charge is 2.25. The summed E-state index contributed by atoms with van der Waals surface area (Å²) in [4.78, 5) is 21.9. The van der Waals surface area contributed by atoms with Crippen LogP contribution in [0.25, 0.3) is 16.7 Å². The summed E-state index contributed by atoms with van der Waals surface area (Å²) in [5, 5.41) is 20.2. The molecule has 3 aromatic rings. The van der Waals surface area contributed by atoms with E-state index in [9.17, 15) is 15.2 Å². The first-order valence-corrected chi connectivity index (χ1v) is 9.47. The first-order chi connectivity index (χ1) is 13.2. The molecule has 0 unspecified atom stereocenters. The maximum absolute atomic E-state index is 13.2. The molecule has 3 rings (SSSR count). The zero-order valence-electron chi connectivity index (χ0n) is 15.8. The van der Waals surface area contributed by atoms with Gasteiger partial charge in [0.25, 0.3) is 5.56 Å². The van der Waals surface area contributed by atoms with Gasteiger partial charge in [-0.1, -0.05) is 50.9 Å². The number of pyridine rings is 3. The van der Waals surface area contributed by atoms with Crippen molar-refractivity contribution >= 4 is 34.2 Å². The Morgan fingerprint density at radius 3 is 2.46 bits per heavy atom. The fraction of sp³-hybridized carbons (Fsp3) is 0.300. The molecule has 0 bridgehead atoms. The number of aromatic hydroxyl groups is 1. The van der Waals surface area contributed by atoms with Crippen molar-refractivity contribution in [2.24, 2.45) is 0 Å². The van der Waals surface area contributed by atoms with E-state index in [1.165, 1.54) is 10.6 Å². The molecule has 3 aromatic heterocycles. The molecule has 0 amide bonds. The summed E-state index contributed by atoms with van der Waals surface area (Å²) in [5.41, 5.74) is 1.13. The van der Waals surface area contributed by atoms with Gasteiger partial charge in [-0.15, -0.1) is 0 Å². The molecule has 0 radical (unpaired) electrons. The van der Waals surface area contributed by atoms with E-state index in [0.29, 0.717) is 11.4 Å². The second-order valence-electron chi connectivity index (χ2n) is 7.05. The number of rotatable bonds is 3. The highest BCUT2D eigenvalue weighted by molar-refractivity contribution is 6.41. The van der Waals surface area contributed by atoms with Crippen LogP contribution in [0.4, 0.5) is 0 Å². The first-order valence-electron chi connectivity index (χ1n) is 8.72. The van der Waals surface area contributed by atoms with Crippen molar-refractivity contribution < 1.29 is 5.11 Å². The van der Waals surface area contributed by atoms with E-state index in [2.05, 4.69) is 9.97 Å². The molecule has 6 nitrogen and oxygen atoms in total. The molecule has 144 valence electrons. The van der Waals surface area contributed by atoms with Crippen molar-refractivity contribution in [3.8, 4) is 17.5 Å². The lowest BCUT2D eigenvalue weighted by atomic mass is 9.96. The Kier molecular flexibility index (Phi) is 5.33. The molecule has 1 N–H and O–H groups in total. The third kappa shape index (κ3) is 3.11. The Balaban J connectivity index is 2.65. The largest absolute Gasteiger partial charge is 0.506 e. The lowest BCUT2D eigenvalue weighted by molar-refractivity contribution is 0.478. The van der Waals surface area contributed by atoms with E-state index in [1.807, 2.05) is 33.8 Å². The van der Waals surface area contributed by atoms with Crippen LogP contribution in [-0.2, 0) is 0 Å². The number of aromatic nitrogens is 3. The third-order valence-corrected chi connectivity index (χ3v) is 5.19. The van der Waals surface area contributed by atoms with E-state index in [1.54, 1.807) is 12.3 Å². The molecule has 0 aliphatic heterocycles. The van der Waals surface area contributed by atoms with Crippen LogP contribution in [0, 0.1) is 11.3 Å². The van der Waals surface area contributed by atoms with Gasteiger partial charge in [0.05, 0.1) is 21.8 Å². The molecule has 0 spiro atoms. The van der Waals surface area contributed by atoms with Gasteiger partial charge in [-0.3, -0.25) is 14.3 Å². The lowest BCUT2D eigenvalue weighted by Crippen LogP contribution is -2.25. The predicted molar refractivity (Wildman–Crippen MR) is 110 cm³/mol. The Morgan fingerprint density at radius 2 is 1.89 bits per heavy atom. The van der Waals surface area contributed by atoms with Crippen molar-refractivity contribution in [2.75, 3.05) is 0 Å². The van der Waals surface area contributed by atoms with Gasteiger partial charge in [0.1, 0.15) is 17.0 Å². The summed E-state index contributed by atoms with van der Waals surface area (Å²) in [7, 11) is 0. The standard InChI is InChI=1S/C20H18Cl2N4O2/c1-9(2)11-5-6-24-15(10(3)4)16(11)26-19-12(7-14(21)18(22)25-19)17(27)13(8-23)20(26)28/h5-7,9-10,27H,1-4H3. The van der Waals surface area contributed by atoms with Crippen molar-refractivity contribution in [2.45, 2.75) is 39.5 Å². The minimum atomic E-state index is -0.685. The van der Waals surface area contributed by atoms with E-state index >= 15 is 0 Å². The smallest absolute Gasteiger partial charge is 0.278 e. The lowest BCUT2D eigenvalue weighted by Gasteiger charge is -2.21. The van der Waals surface area contributed by atoms with Crippen molar-refractivity contribution in [3.63, 3.8) is 0 Å². The number of hydrogen-bond acceptors (Lipinski definition) is 5. The fourth-order valence-corrected chi connectivity index (χ4v) is 3.46. The van der Waals surface area contributed by atoms with Crippen LogP contribution in [0.5, 0.6) is 5.75 Å². The molecule has 0 saturated carbocycles. The minimum Gasteiger partial charge on any atom is -0.506 e. The Bertz CT molecular complexity index is 1170. The Morgan fingerprint density at radius 1 is 1.21 bits per heavy atom. The van der Waals surface area contributed by atoms with Crippen molar-refractivity contribution in [3.05, 3.63) is 55.7 Å². The van der Waals surface area contributed by atoms with Crippen LogP contribution in [-0.4, -0.2) is 19.6 Å². The SMILES string of the molecule is CC(C)c1ccnc(C(C)C)c1-n1c(=O)c(C#N)c(O)c2cc(Cl)c(Cl)nc21. The topological polar surface area (TPSA) is 91.8 Å². The van der Waals surface area contributed by atoms with Crippen LogP contribution < -0.4 is 5.56 Å². The molecule has 8 heteroatoms. The van der Waals surface area contributed by atoms with Crippen LogP contribution in [0.15, 0.2) is 23.1 Å². The zero-order valence-corrected chi connectivity index (χ0v) is 17.3. The minimum absolute atomic E-state index is 0.00207. The number of hydrogen-bond donors (Lipinski definition) is 1. The summed E-state index contributed by atoms with van der Waals surface area (Å²) >= 11 is 12.2. The molecule has 0 fully saturated rings. The van der Waals surface area contributed by atoms with Gasteiger partial charge in [-0.25, -0.2) is 4.98 Å². The van der Waals surface area contributed by atoms with E-state index in [4.69, 9.17) is 23.2 Å². The quantitative estimate of drug-likeness (QED) is 0.612. The van der Waals surface area contributed by atoms with E-state index < -0.39 is 11.3 Å². The molecule has 0 aliphatic carbocycles. The van der Waals surface area contributed by atoms with Gasteiger partial charge < -0.3 is 5.11 Å². The summed E-state index contributed by atoms with van der Waals surface area (Å²) in [5.74, 6) is -0.400. The summed E-state index contributed by atoms with van der Waals surface area (Å²) in [6, 6.07) is 5.03. The molecule has 28 heavy (non-hydrogen) atoms. The predicted octanol–water partition coefficient (Wildman–Crippen LogP) is 4.91. The average molecular weight is 417 g/mol. The van der Waals surface area contributed by atoms with Crippen molar-refractivity contribution in [1.29, 1.82) is 5.26 Å². The van der Waals surface area contributed by atoms with Gasteiger partial charge in [-0.05, 0) is 29.5 Å². The molecule has 0 aliphatic rings. The maximum Gasteiger partial charge on any atom is 0.278 e. The molecular formula is C20H18Cl2N4O2. The van der Waals surface area contributed by atoms with Gasteiger partial charge in [-0.2, -0.15) is 5.26 Å². The number of nitriles is 1. The molecule has 3 heterocycles. The fourth-order valence-electron chi connectivity index (χ4n) is 3.17. The number of halogens is 2. The molecular weight excluding hydrogens is 399 g/mol. The van der Waals surface area contributed by atoms with Gasteiger partial charge in [0.15, 0.2) is 11.2 Å². The summed E-state index contributed by atoms with van der Waals surface area (Å²) in [6.45, 7) is 7.93. The van der Waals surface area contributed by atoms with E-state index in [-0.39, 0.29) is 38.6 Å². The van der Waals surface area contributed by atoms with Gasteiger partial charge >= 0.3 is 0 Å². The highest BCUT2D eigenvalue weighted by Crippen LogP contribution is 2.35. The van der Waals surface area contributed by atoms with E-state index in [0.717, 1.165) is 5.56 Å². The second kappa shape index (κ2) is 7.42. The highest BCUT2D eigenvalue weighted by atomic mass is 35.5. The molecule has 0 saturated heterocycles. The third-order valence-electron chi connectivity index (χ3n) is 4.52. The Hall–Kier alpha value is -2.62. The van der Waals surface area contributed by atoms with Crippen LogP contribution in [0.1, 0.15) is 56.4 Å². The van der Waals surface area contributed by atoms with Crippen LogP contribution in [0.2, 0.25) is 10.2 Å². The van der Waals surface area contributed by atoms with Crippen molar-refractivity contribution in [1.82, 2.24) is 14.5 Å². The Labute approximate surface area is 172 Å². The van der Waals surface area contributed by atoms with Crippen LogP contribution in [0.3, 0.4) is 0 Å². The summed E-state index contributed by atoms with van der Waals surface area (Å²) in [6.07, 6.45) is 1.70. The summed E-state index contributed by atoms with van der Waals surface area (Å²) < 4.78 is 1.31. The molecule has 0 atom stereocenters. The zero-order chi connectivity index (χ0) is 20.7. The second-order valence-corrected chi connectivity index (χ2v) is 7.82. The molecule has 0 aromatic carbocycles. The monoisotopic (exact) mass is 416 g/mol.